The summed E-state index contributed by atoms with van der Waals surface area (Å²) < 4.78 is 92.6. The molecule has 230 valence electrons. The molecule has 0 radical (unpaired) electrons. The van der Waals surface area contributed by atoms with Gasteiger partial charge in [0.25, 0.3) is 0 Å². The van der Waals surface area contributed by atoms with Gasteiger partial charge in [0.2, 0.25) is 0 Å². The molecule has 1 heterocycles. The van der Waals surface area contributed by atoms with Crippen LogP contribution in [0.15, 0.2) is 12.2 Å². The summed E-state index contributed by atoms with van der Waals surface area (Å²) in [5, 5.41) is 0. The highest BCUT2D eigenvalue weighted by Crippen LogP contribution is 2.57. The van der Waals surface area contributed by atoms with Crippen LogP contribution >= 0.6 is 0 Å². The van der Waals surface area contributed by atoms with Crippen molar-refractivity contribution in [2.45, 2.75) is 95.9 Å². The smallest absolute Gasteiger partial charge is 0.462 e. The standard InChI is InChI=1S/C28H34F6O7/c1-3-15-5-4-6-22(41-26(38)28(32,33)34)13(2)24(36)21-11-19-17(20(21)12-23(35)39-15)8-7-14-9-16(10-18(14)19)40-25(37)27(29,30)31/h7-8,13-22H,3-6,9-12H2,1-2H3/t13-,14-,15+,16-,17-,18-,19-,20+,21+,22+/m1/s1. The van der Waals surface area contributed by atoms with Gasteiger partial charge in [-0.25, -0.2) is 9.59 Å². The Morgan fingerprint density at radius 3 is 2.20 bits per heavy atom. The van der Waals surface area contributed by atoms with Crippen molar-refractivity contribution in [1.29, 1.82) is 0 Å². The van der Waals surface area contributed by atoms with Gasteiger partial charge in [-0.05, 0) is 74.5 Å². The van der Waals surface area contributed by atoms with E-state index < -0.39 is 72.1 Å². The molecule has 41 heavy (non-hydrogen) atoms. The highest BCUT2D eigenvalue weighted by molar-refractivity contribution is 5.86. The Morgan fingerprint density at radius 1 is 0.902 bits per heavy atom. The van der Waals surface area contributed by atoms with E-state index in [9.17, 15) is 45.5 Å². The fourth-order valence-electron chi connectivity index (χ4n) is 7.37. The SMILES string of the molecule is CC[C@H]1CCC[C@H](OC(=O)C(F)(F)F)[C@@H](C)C(=O)[C@H]2C[C@@H]3[C@@H](C=C[C@@H]4C[C@@H](OC(=O)C(F)(F)F)C[C@@H]34)[C@@H]2CC(=O)O1. The van der Waals surface area contributed by atoms with Crippen molar-refractivity contribution in [1.82, 2.24) is 0 Å². The third kappa shape index (κ3) is 6.90. The van der Waals surface area contributed by atoms with Gasteiger partial charge < -0.3 is 14.2 Å². The van der Waals surface area contributed by atoms with Crippen LogP contribution in [-0.4, -0.2) is 54.4 Å². The number of halogens is 6. The molecule has 4 rings (SSSR count). The first kappa shape index (κ1) is 31.3. The maximum absolute atomic E-state index is 13.8. The third-order valence-corrected chi connectivity index (χ3v) is 9.32. The van der Waals surface area contributed by atoms with E-state index in [1.807, 2.05) is 12.2 Å². The molecule has 0 bridgehead atoms. The number of cyclic esters (lactones) is 1. The molecule has 10 atom stereocenters. The van der Waals surface area contributed by atoms with Crippen molar-refractivity contribution >= 4 is 23.7 Å². The minimum Gasteiger partial charge on any atom is -0.462 e. The summed E-state index contributed by atoms with van der Waals surface area (Å²) in [4.78, 5) is 49.9. The first-order chi connectivity index (χ1) is 19.1. The number of ketones is 1. The van der Waals surface area contributed by atoms with E-state index >= 15 is 0 Å². The first-order valence-electron chi connectivity index (χ1n) is 14.1. The van der Waals surface area contributed by atoms with Crippen molar-refractivity contribution in [2.75, 3.05) is 0 Å². The molecule has 0 amide bonds. The van der Waals surface area contributed by atoms with Crippen LogP contribution in [0.1, 0.15) is 65.2 Å². The minimum atomic E-state index is -5.23. The second kappa shape index (κ2) is 11.9. The molecule has 1 saturated heterocycles. The molecule has 0 spiro atoms. The molecule has 4 aliphatic rings. The predicted octanol–water partition coefficient (Wildman–Crippen LogP) is 5.50. The lowest BCUT2D eigenvalue weighted by atomic mass is 9.71. The fourth-order valence-corrected chi connectivity index (χ4v) is 7.37. The quantitative estimate of drug-likeness (QED) is 0.184. The molecule has 13 heteroatoms. The van der Waals surface area contributed by atoms with Gasteiger partial charge in [-0.2, -0.15) is 26.3 Å². The second-order valence-electron chi connectivity index (χ2n) is 11.7. The Kier molecular flexibility index (Phi) is 9.13. The number of ether oxygens (including phenoxy) is 3. The Bertz CT molecular complexity index is 1050. The minimum absolute atomic E-state index is 0.0239. The van der Waals surface area contributed by atoms with Gasteiger partial charge in [-0.1, -0.05) is 26.0 Å². The topological polar surface area (TPSA) is 96.0 Å². The molecule has 0 aromatic rings. The van der Waals surface area contributed by atoms with E-state index in [-0.39, 0.29) is 62.2 Å². The van der Waals surface area contributed by atoms with E-state index in [1.54, 1.807) is 6.92 Å². The van der Waals surface area contributed by atoms with Crippen LogP contribution in [0, 0.1) is 41.4 Å². The number of carbonyl (C=O) groups excluding carboxylic acids is 4. The van der Waals surface area contributed by atoms with E-state index in [2.05, 4.69) is 0 Å². The molecule has 0 aromatic heterocycles. The molecule has 3 aliphatic carbocycles. The van der Waals surface area contributed by atoms with Gasteiger partial charge in [0.1, 0.15) is 24.1 Å². The Labute approximate surface area is 233 Å². The lowest BCUT2D eigenvalue weighted by Crippen LogP contribution is -2.39. The zero-order chi connectivity index (χ0) is 30.3. The van der Waals surface area contributed by atoms with Gasteiger partial charge >= 0.3 is 30.3 Å². The second-order valence-corrected chi connectivity index (χ2v) is 11.7. The van der Waals surface area contributed by atoms with Crippen molar-refractivity contribution in [3.8, 4) is 0 Å². The number of alkyl halides is 6. The Balaban J connectivity index is 1.59. The Hall–Kier alpha value is -2.60. The molecule has 0 N–H and O–H groups in total. The summed E-state index contributed by atoms with van der Waals surface area (Å²) in [7, 11) is 0. The van der Waals surface area contributed by atoms with Gasteiger partial charge in [0.15, 0.2) is 0 Å². The number of fused-ring (bicyclic) bond motifs is 5. The third-order valence-electron chi connectivity index (χ3n) is 9.32. The lowest BCUT2D eigenvalue weighted by Gasteiger charge is -2.34. The van der Waals surface area contributed by atoms with Gasteiger partial charge in [-0.3, -0.25) is 9.59 Å². The summed E-state index contributed by atoms with van der Waals surface area (Å²) in [5.74, 6) is -8.86. The maximum atomic E-state index is 13.8. The highest BCUT2D eigenvalue weighted by Gasteiger charge is 2.55. The average Bonchev–Trinajstić information content (AvgIpc) is 3.45. The number of allylic oxidation sites excluding steroid dienone is 2. The number of Topliss-reactive ketones (excluding diaryl/α,β-unsaturated/α-hetero) is 1. The van der Waals surface area contributed by atoms with Crippen LogP contribution in [0.4, 0.5) is 26.3 Å². The van der Waals surface area contributed by atoms with E-state index in [4.69, 9.17) is 14.2 Å². The van der Waals surface area contributed by atoms with Crippen LogP contribution in [0.3, 0.4) is 0 Å². The number of carbonyl (C=O) groups is 4. The number of rotatable bonds is 3. The van der Waals surface area contributed by atoms with Crippen LogP contribution in [0.2, 0.25) is 0 Å². The molecule has 1 aliphatic heterocycles. The largest absolute Gasteiger partial charge is 0.490 e. The zero-order valence-electron chi connectivity index (χ0n) is 22.7. The number of esters is 3. The van der Waals surface area contributed by atoms with Crippen LogP contribution in [0.5, 0.6) is 0 Å². The molecule has 2 saturated carbocycles. The van der Waals surface area contributed by atoms with Crippen LogP contribution < -0.4 is 0 Å². The summed E-state index contributed by atoms with van der Waals surface area (Å²) >= 11 is 0. The van der Waals surface area contributed by atoms with E-state index in [0.29, 0.717) is 12.8 Å². The summed E-state index contributed by atoms with van der Waals surface area (Å²) in [5.41, 5.74) is 0. The summed E-state index contributed by atoms with van der Waals surface area (Å²) in [6.45, 7) is 3.23. The summed E-state index contributed by atoms with van der Waals surface area (Å²) in [6, 6.07) is 0. The van der Waals surface area contributed by atoms with Gasteiger partial charge in [0, 0.05) is 12.3 Å². The average molecular weight is 597 g/mol. The van der Waals surface area contributed by atoms with E-state index in [0.717, 1.165) is 0 Å². The molecule has 0 unspecified atom stereocenters. The van der Waals surface area contributed by atoms with Gasteiger partial charge in [0.05, 0.1) is 5.92 Å². The Morgan fingerprint density at radius 2 is 1.56 bits per heavy atom. The zero-order valence-corrected chi connectivity index (χ0v) is 22.7. The number of hydrogen-bond acceptors (Lipinski definition) is 7. The monoisotopic (exact) mass is 596 g/mol. The number of hydrogen-bond donors (Lipinski definition) is 0. The molecule has 3 fully saturated rings. The molecular formula is C28H34F6O7. The molecular weight excluding hydrogens is 562 g/mol. The van der Waals surface area contributed by atoms with Crippen LogP contribution in [-0.2, 0) is 33.4 Å². The lowest BCUT2D eigenvalue weighted by molar-refractivity contribution is -0.207. The van der Waals surface area contributed by atoms with Crippen molar-refractivity contribution < 1.29 is 59.7 Å². The maximum Gasteiger partial charge on any atom is 0.490 e. The van der Waals surface area contributed by atoms with Crippen molar-refractivity contribution in [3.63, 3.8) is 0 Å². The van der Waals surface area contributed by atoms with E-state index in [1.165, 1.54) is 6.92 Å². The predicted molar refractivity (Wildman–Crippen MR) is 129 cm³/mol. The fraction of sp³-hybridized carbons (Fsp3) is 0.786. The molecule has 7 nitrogen and oxygen atoms in total. The van der Waals surface area contributed by atoms with Crippen LogP contribution in [0.25, 0.3) is 0 Å². The first-order valence-corrected chi connectivity index (χ1v) is 14.1. The highest BCUT2D eigenvalue weighted by atomic mass is 19.4. The van der Waals surface area contributed by atoms with Crippen molar-refractivity contribution in [3.05, 3.63) is 12.2 Å². The van der Waals surface area contributed by atoms with Crippen molar-refractivity contribution in [2.24, 2.45) is 41.4 Å². The normalized spacial score (nSPS) is 38.0. The summed E-state index contributed by atoms with van der Waals surface area (Å²) in [6.07, 6.45) is -7.88. The molecule has 0 aromatic carbocycles. The van der Waals surface area contributed by atoms with Gasteiger partial charge in [-0.15, -0.1) is 0 Å².